The van der Waals surface area contributed by atoms with E-state index in [1.54, 1.807) is 6.92 Å². The molecule has 0 saturated carbocycles. The highest BCUT2D eigenvalue weighted by Crippen LogP contribution is 2.12. The summed E-state index contributed by atoms with van der Waals surface area (Å²) < 4.78 is 37.4. The van der Waals surface area contributed by atoms with Crippen LogP contribution in [0.5, 0.6) is 0 Å². The fourth-order valence-corrected chi connectivity index (χ4v) is 3.70. The summed E-state index contributed by atoms with van der Waals surface area (Å²) in [6.07, 6.45) is 1.48. The second-order valence-electron chi connectivity index (χ2n) is 4.10. The van der Waals surface area contributed by atoms with Crippen molar-refractivity contribution in [3.8, 4) is 0 Å². The van der Waals surface area contributed by atoms with E-state index in [1.165, 1.54) is 24.5 Å². The van der Waals surface area contributed by atoms with Gasteiger partial charge in [0.15, 0.2) is 0 Å². The van der Waals surface area contributed by atoms with Crippen molar-refractivity contribution in [1.82, 2.24) is 4.72 Å². The van der Waals surface area contributed by atoms with E-state index < -0.39 is 32.8 Å². The van der Waals surface area contributed by atoms with Gasteiger partial charge in [-0.25, -0.2) is 17.9 Å². The van der Waals surface area contributed by atoms with Gasteiger partial charge in [-0.2, -0.15) is 0 Å². The second-order valence-corrected chi connectivity index (χ2v) is 7.29. The quantitative estimate of drug-likeness (QED) is 0.794. The van der Waals surface area contributed by atoms with Crippen LogP contribution in [0.4, 0.5) is 0 Å². The first-order chi connectivity index (χ1) is 8.72. The molecule has 0 bridgehead atoms. The summed E-state index contributed by atoms with van der Waals surface area (Å²) in [7, 11) is -4.93. The highest BCUT2D eigenvalue weighted by molar-refractivity contribution is 7.89. The normalized spacial score (nSPS) is 14.8. The average molecular weight is 305 g/mol. The number of rotatable bonds is 6. The Balaban J connectivity index is 2.97. The Morgan fingerprint density at radius 2 is 2.11 bits per heavy atom. The fourth-order valence-electron chi connectivity index (χ4n) is 1.52. The molecule has 0 heterocycles. The van der Waals surface area contributed by atoms with Crippen molar-refractivity contribution >= 4 is 26.8 Å². The Morgan fingerprint density at radius 3 is 2.63 bits per heavy atom. The number of benzene rings is 1. The zero-order chi connectivity index (χ0) is 14.6. The SMILES string of the molecule is CC(CS(C)=O)NS(=O)(=O)c1cccc(C(=O)O)c1. The molecule has 1 rings (SSSR count). The zero-order valence-corrected chi connectivity index (χ0v) is 12.1. The summed E-state index contributed by atoms with van der Waals surface area (Å²) in [5, 5.41) is 8.82. The van der Waals surface area contributed by atoms with E-state index in [0.29, 0.717) is 0 Å². The molecule has 0 saturated heterocycles. The number of carboxylic acids is 1. The number of sulfonamides is 1. The molecule has 19 heavy (non-hydrogen) atoms. The van der Waals surface area contributed by atoms with E-state index in [4.69, 9.17) is 5.11 Å². The topological polar surface area (TPSA) is 101 Å². The maximum absolute atomic E-state index is 12.0. The van der Waals surface area contributed by atoms with Crippen LogP contribution < -0.4 is 4.72 Å². The van der Waals surface area contributed by atoms with Crippen LogP contribution in [0, 0.1) is 0 Å². The highest BCUT2D eigenvalue weighted by Gasteiger charge is 2.19. The molecule has 1 aromatic carbocycles. The van der Waals surface area contributed by atoms with Crippen LogP contribution in [0.15, 0.2) is 29.2 Å². The first kappa shape index (κ1) is 15.8. The largest absolute Gasteiger partial charge is 0.478 e. The van der Waals surface area contributed by atoms with Crippen LogP contribution in [0.2, 0.25) is 0 Å². The molecule has 0 aliphatic carbocycles. The molecule has 0 aliphatic rings. The van der Waals surface area contributed by atoms with Crippen LogP contribution in [0.25, 0.3) is 0 Å². The maximum atomic E-state index is 12.0. The predicted octanol–water partition coefficient (Wildman–Crippen LogP) is 0.430. The maximum Gasteiger partial charge on any atom is 0.335 e. The standard InChI is InChI=1S/C11H15NO5S2/c1-8(7-18(2)15)12-19(16,17)10-5-3-4-9(6-10)11(13)14/h3-6,8,12H,7H2,1-2H3,(H,13,14). The van der Waals surface area contributed by atoms with Gasteiger partial charge in [0.1, 0.15) is 0 Å². The van der Waals surface area contributed by atoms with Gasteiger partial charge in [-0.3, -0.25) is 4.21 Å². The molecule has 106 valence electrons. The number of hydrogen-bond donors (Lipinski definition) is 2. The minimum Gasteiger partial charge on any atom is -0.478 e. The van der Waals surface area contributed by atoms with E-state index in [0.717, 1.165) is 6.07 Å². The lowest BCUT2D eigenvalue weighted by atomic mass is 10.2. The van der Waals surface area contributed by atoms with Crippen LogP contribution >= 0.6 is 0 Å². The summed E-state index contributed by atoms with van der Waals surface area (Å²) in [5.41, 5.74) is -0.102. The molecule has 8 heteroatoms. The Kier molecular flexibility index (Phi) is 5.21. The highest BCUT2D eigenvalue weighted by atomic mass is 32.2. The lowest BCUT2D eigenvalue weighted by Crippen LogP contribution is -2.36. The van der Waals surface area contributed by atoms with Gasteiger partial charge in [0.05, 0.1) is 10.5 Å². The molecule has 0 aromatic heterocycles. The van der Waals surface area contributed by atoms with Gasteiger partial charge in [-0.1, -0.05) is 6.07 Å². The number of carbonyl (C=O) groups is 1. The van der Waals surface area contributed by atoms with Crippen molar-refractivity contribution in [3.63, 3.8) is 0 Å². The summed E-state index contributed by atoms with van der Waals surface area (Å²) in [6, 6.07) is 4.57. The number of carboxylic acid groups (broad SMARTS) is 1. The second kappa shape index (κ2) is 6.27. The number of aromatic carboxylic acids is 1. The van der Waals surface area contributed by atoms with E-state index in [-0.39, 0.29) is 16.2 Å². The van der Waals surface area contributed by atoms with Gasteiger partial charge >= 0.3 is 5.97 Å². The van der Waals surface area contributed by atoms with Crippen molar-refractivity contribution in [2.75, 3.05) is 12.0 Å². The molecule has 2 atom stereocenters. The summed E-state index contributed by atoms with van der Waals surface area (Å²) >= 11 is 0. The lowest BCUT2D eigenvalue weighted by molar-refractivity contribution is 0.0696. The van der Waals surface area contributed by atoms with Gasteiger partial charge in [-0.05, 0) is 25.1 Å². The summed E-state index contributed by atoms with van der Waals surface area (Å²) in [4.78, 5) is 10.7. The Hall–Kier alpha value is -1.25. The van der Waals surface area contributed by atoms with Gasteiger partial charge in [-0.15, -0.1) is 0 Å². The van der Waals surface area contributed by atoms with Gasteiger partial charge in [0, 0.05) is 28.9 Å². The molecule has 6 nitrogen and oxygen atoms in total. The molecular weight excluding hydrogens is 290 g/mol. The van der Waals surface area contributed by atoms with Crippen molar-refractivity contribution in [2.24, 2.45) is 0 Å². The van der Waals surface area contributed by atoms with Crippen LogP contribution in [0.1, 0.15) is 17.3 Å². The van der Waals surface area contributed by atoms with Crippen molar-refractivity contribution in [1.29, 1.82) is 0 Å². The molecule has 1 aromatic rings. The van der Waals surface area contributed by atoms with Gasteiger partial charge < -0.3 is 5.11 Å². The van der Waals surface area contributed by atoms with Gasteiger partial charge in [0.25, 0.3) is 0 Å². The predicted molar refractivity (Wildman–Crippen MR) is 72.1 cm³/mol. The van der Waals surface area contributed by atoms with Crippen molar-refractivity contribution in [3.05, 3.63) is 29.8 Å². The number of nitrogens with one attached hydrogen (secondary N) is 1. The lowest BCUT2D eigenvalue weighted by Gasteiger charge is -2.13. The summed E-state index contributed by atoms with van der Waals surface area (Å²) in [6.45, 7) is 1.60. The Bertz CT molecular complexity index is 597. The van der Waals surface area contributed by atoms with Crippen LogP contribution in [-0.2, 0) is 20.8 Å². The molecular formula is C11H15NO5S2. The minimum atomic E-state index is -3.81. The molecule has 0 fully saturated rings. The molecule has 2 N–H and O–H groups in total. The molecule has 0 aliphatic heterocycles. The van der Waals surface area contributed by atoms with E-state index in [2.05, 4.69) is 4.72 Å². The Morgan fingerprint density at radius 1 is 1.47 bits per heavy atom. The monoisotopic (exact) mass is 305 g/mol. The minimum absolute atomic E-state index is 0.102. The zero-order valence-electron chi connectivity index (χ0n) is 10.5. The molecule has 2 unspecified atom stereocenters. The van der Waals surface area contributed by atoms with Crippen molar-refractivity contribution in [2.45, 2.75) is 17.9 Å². The third-order valence-electron chi connectivity index (χ3n) is 2.23. The van der Waals surface area contributed by atoms with Crippen molar-refractivity contribution < 1.29 is 22.5 Å². The first-order valence-electron chi connectivity index (χ1n) is 5.38. The first-order valence-corrected chi connectivity index (χ1v) is 8.59. The van der Waals surface area contributed by atoms with Crippen LogP contribution in [-0.4, -0.2) is 41.8 Å². The molecule has 0 amide bonds. The number of hydrogen-bond acceptors (Lipinski definition) is 4. The average Bonchev–Trinajstić information content (AvgIpc) is 2.27. The van der Waals surface area contributed by atoms with Gasteiger partial charge in [0.2, 0.25) is 10.0 Å². The van der Waals surface area contributed by atoms with E-state index in [9.17, 15) is 17.4 Å². The molecule has 0 radical (unpaired) electrons. The third kappa shape index (κ3) is 4.73. The fraction of sp³-hybridized carbons (Fsp3) is 0.364. The third-order valence-corrected chi connectivity index (χ3v) is 4.79. The van der Waals surface area contributed by atoms with Crippen LogP contribution in [0.3, 0.4) is 0 Å². The molecule has 0 spiro atoms. The van der Waals surface area contributed by atoms with E-state index >= 15 is 0 Å². The smallest absolute Gasteiger partial charge is 0.335 e. The Labute approximate surface area is 114 Å². The summed E-state index contributed by atoms with van der Waals surface area (Å²) in [5.74, 6) is -1.00. The van der Waals surface area contributed by atoms with E-state index in [1.807, 2.05) is 0 Å².